The Hall–Kier alpha value is -1.96. The first-order valence-electron chi connectivity index (χ1n) is 14.2. The van der Waals surface area contributed by atoms with Gasteiger partial charge in [0.15, 0.2) is 0 Å². The third-order valence-electron chi connectivity index (χ3n) is 9.81. The van der Waals surface area contributed by atoms with Gasteiger partial charge in [-0.2, -0.15) is 13.2 Å². The number of hydrogen-bond donors (Lipinski definition) is 3. The molecule has 4 heterocycles. The van der Waals surface area contributed by atoms with Gasteiger partial charge in [0, 0.05) is 56.2 Å². The Morgan fingerprint density at radius 3 is 2.67 bits per heavy atom. The van der Waals surface area contributed by atoms with Crippen LogP contribution < -0.4 is 21.9 Å². The summed E-state index contributed by atoms with van der Waals surface area (Å²) in [5, 5.41) is 3.30. The summed E-state index contributed by atoms with van der Waals surface area (Å²) in [7, 11) is 3.73. The Morgan fingerprint density at radius 1 is 1.18 bits per heavy atom. The van der Waals surface area contributed by atoms with Crippen molar-refractivity contribution < 1.29 is 17.9 Å². The quantitative estimate of drug-likeness (QED) is 0.489. The summed E-state index contributed by atoms with van der Waals surface area (Å²) in [6, 6.07) is 1.10. The second-order valence-corrected chi connectivity index (χ2v) is 11.9. The number of pyridine rings is 1. The highest BCUT2D eigenvalue weighted by molar-refractivity contribution is 5.56. The van der Waals surface area contributed by atoms with E-state index < -0.39 is 17.9 Å². The molecule has 12 heteroatoms. The number of halogens is 3. The van der Waals surface area contributed by atoms with Crippen LogP contribution in [-0.2, 0) is 10.9 Å². The Balaban J connectivity index is 1.34. The van der Waals surface area contributed by atoms with Crippen molar-refractivity contribution in [2.75, 3.05) is 47.1 Å². The van der Waals surface area contributed by atoms with Crippen molar-refractivity contribution in [1.82, 2.24) is 34.9 Å². The largest absolute Gasteiger partial charge is 0.418 e. The number of hydrogen-bond acceptors (Lipinski definition) is 7. The molecule has 0 radical (unpaired) electrons. The van der Waals surface area contributed by atoms with Crippen molar-refractivity contribution in [3.05, 3.63) is 40.1 Å². The fourth-order valence-corrected chi connectivity index (χ4v) is 7.73. The second-order valence-electron chi connectivity index (χ2n) is 11.9. The van der Waals surface area contributed by atoms with Gasteiger partial charge in [0.25, 0.3) is 0 Å². The molecule has 2 aliphatic heterocycles. The number of imidazole rings is 1. The van der Waals surface area contributed by atoms with Crippen molar-refractivity contribution in [3.8, 4) is 0 Å². The fourth-order valence-electron chi connectivity index (χ4n) is 7.73. The molecule has 0 spiro atoms. The van der Waals surface area contributed by atoms with Crippen molar-refractivity contribution in [2.24, 2.45) is 11.3 Å². The summed E-state index contributed by atoms with van der Waals surface area (Å²) in [6.07, 6.45) is 5.46. The molecule has 39 heavy (non-hydrogen) atoms. The van der Waals surface area contributed by atoms with Gasteiger partial charge in [-0.15, -0.1) is 0 Å². The summed E-state index contributed by atoms with van der Waals surface area (Å²) >= 11 is 0. The Kier molecular flexibility index (Phi) is 7.30. The van der Waals surface area contributed by atoms with E-state index >= 15 is 0 Å². The minimum Gasteiger partial charge on any atom is -0.383 e. The van der Waals surface area contributed by atoms with Gasteiger partial charge in [-0.05, 0) is 51.1 Å². The molecule has 0 amide bonds. The van der Waals surface area contributed by atoms with Gasteiger partial charge < -0.3 is 4.74 Å². The number of nitrogens with zero attached hydrogens (tertiary/aromatic N) is 4. The van der Waals surface area contributed by atoms with Gasteiger partial charge >= 0.3 is 11.9 Å². The molecule has 6 rings (SSSR count). The van der Waals surface area contributed by atoms with Crippen molar-refractivity contribution in [2.45, 2.75) is 69.5 Å². The maximum absolute atomic E-state index is 14.4. The second kappa shape index (κ2) is 10.5. The summed E-state index contributed by atoms with van der Waals surface area (Å²) in [4.78, 5) is 18.1. The van der Waals surface area contributed by atoms with Crippen LogP contribution >= 0.6 is 0 Å². The van der Waals surface area contributed by atoms with Crippen LogP contribution in [0.4, 0.5) is 13.2 Å². The molecular weight excluding hydrogens is 511 g/mol. The van der Waals surface area contributed by atoms with Crippen molar-refractivity contribution >= 4 is 5.52 Å². The van der Waals surface area contributed by atoms with Crippen LogP contribution in [0.2, 0.25) is 0 Å². The molecule has 0 aromatic carbocycles. The third-order valence-corrected chi connectivity index (χ3v) is 9.81. The zero-order valence-electron chi connectivity index (χ0n) is 22.8. The van der Waals surface area contributed by atoms with Gasteiger partial charge in [0.05, 0.1) is 36.7 Å². The van der Waals surface area contributed by atoms with Crippen LogP contribution in [0.15, 0.2) is 23.3 Å². The molecule has 4 aliphatic rings. The van der Waals surface area contributed by atoms with E-state index in [4.69, 9.17) is 4.74 Å². The molecule has 4 fully saturated rings. The van der Waals surface area contributed by atoms with Crippen LogP contribution in [0.5, 0.6) is 0 Å². The van der Waals surface area contributed by atoms with Crippen molar-refractivity contribution in [1.29, 1.82) is 0 Å². The number of hydrazine groups is 1. The zero-order chi connectivity index (χ0) is 27.4. The van der Waals surface area contributed by atoms with Crippen LogP contribution in [0.25, 0.3) is 5.52 Å². The average Bonchev–Trinajstić information content (AvgIpc) is 3.61. The monoisotopic (exact) mass is 551 g/mol. The van der Waals surface area contributed by atoms with Crippen LogP contribution in [0.3, 0.4) is 0 Å². The lowest BCUT2D eigenvalue weighted by atomic mass is 9.55. The normalized spacial score (nSPS) is 30.3. The predicted molar refractivity (Wildman–Crippen MR) is 141 cm³/mol. The molecule has 3 N–H and O–H groups in total. The van der Waals surface area contributed by atoms with Crippen LogP contribution in [0, 0.1) is 11.3 Å². The highest BCUT2D eigenvalue weighted by Gasteiger charge is 2.53. The van der Waals surface area contributed by atoms with Gasteiger partial charge in [-0.25, -0.2) is 15.6 Å². The molecule has 2 saturated carbocycles. The van der Waals surface area contributed by atoms with Gasteiger partial charge in [-0.1, -0.05) is 12.8 Å². The Labute approximate surface area is 226 Å². The highest BCUT2D eigenvalue weighted by Crippen LogP contribution is 2.56. The maximum atomic E-state index is 14.4. The summed E-state index contributed by atoms with van der Waals surface area (Å²) in [6.45, 7) is 3.23. The standard InChI is InChI=1S/C27H40F3N7O2/c1-34-17-32-33-24(34)26(7-4-8-26)19-5-3-6-20(14-19)36-16-22-21(27(28,29)30)13-18(15-37(22)25(36)38)23-31-9-10-35(23)11-12-39-2/h13,15-16,19-20,23-24,31-33H,3-12,14,17H2,1-2H3. The first kappa shape index (κ1) is 27.2. The van der Waals surface area contributed by atoms with E-state index in [1.807, 2.05) is 0 Å². The predicted octanol–water partition coefficient (Wildman–Crippen LogP) is 2.89. The molecule has 4 unspecified atom stereocenters. The molecule has 9 nitrogen and oxygen atoms in total. The SMILES string of the molecule is COCCN1CCNC1c1cc(C(F)(F)F)c2cn(C3CCCC(C4(C5NNCN5C)CCC4)C3)c(=O)n2c1. The van der Waals surface area contributed by atoms with E-state index in [2.05, 4.69) is 33.0 Å². The lowest BCUT2D eigenvalue weighted by Gasteiger charge is -2.55. The van der Waals surface area contributed by atoms with E-state index in [0.717, 1.165) is 45.2 Å². The maximum Gasteiger partial charge on any atom is 0.418 e. The number of aromatic nitrogens is 2. The number of ether oxygens (including phenoxy) is 1. The van der Waals surface area contributed by atoms with Gasteiger partial charge in [0.1, 0.15) is 0 Å². The molecule has 216 valence electrons. The van der Waals surface area contributed by atoms with E-state index in [9.17, 15) is 18.0 Å². The Bertz CT molecular complexity index is 1240. The lowest BCUT2D eigenvalue weighted by molar-refractivity contribution is -0.136. The minimum atomic E-state index is -4.58. The number of methoxy groups -OCH3 is 1. The molecule has 4 atom stereocenters. The first-order chi connectivity index (χ1) is 18.7. The van der Waals surface area contributed by atoms with E-state index in [1.54, 1.807) is 17.9 Å². The molecule has 2 saturated heterocycles. The third kappa shape index (κ3) is 4.72. The minimum absolute atomic E-state index is 0.0698. The topological polar surface area (TPSA) is 78.2 Å². The number of nitrogens with one attached hydrogen (secondary N) is 3. The smallest absolute Gasteiger partial charge is 0.383 e. The van der Waals surface area contributed by atoms with E-state index in [0.29, 0.717) is 37.7 Å². The van der Waals surface area contributed by atoms with Crippen LogP contribution in [0.1, 0.15) is 68.3 Å². The summed E-state index contributed by atoms with van der Waals surface area (Å²) in [5.41, 5.74) is 6.09. The van der Waals surface area contributed by atoms with Gasteiger partial charge in [-0.3, -0.25) is 24.1 Å². The Morgan fingerprint density at radius 2 is 2.00 bits per heavy atom. The van der Waals surface area contributed by atoms with Crippen LogP contribution in [-0.4, -0.2) is 72.0 Å². The van der Waals surface area contributed by atoms with E-state index in [1.165, 1.54) is 23.1 Å². The molecule has 2 aromatic rings. The molecule has 2 aromatic heterocycles. The summed E-state index contributed by atoms with van der Waals surface area (Å²) in [5.74, 6) is 0.412. The fraction of sp³-hybridized carbons (Fsp3) is 0.741. The molecular formula is C27H40F3N7O2. The number of alkyl halides is 3. The highest BCUT2D eigenvalue weighted by atomic mass is 19.4. The van der Waals surface area contributed by atoms with Crippen molar-refractivity contribution in [3.63, 3.8) is 0 Å². The molecule has 0 bridgehead atoms. The molecule has 2 aliphatic carbocycles. The average molecular weight is 552 g/mol. The van der Waals surface area contributed by atoms with E-state index in [-0.39, 0.29) is 28.8 Å². The van der Waals surface area contributed by atoms with Gasteiger partial charge in [0.2, 0.25) is 0 Å². The zero-order valence-corrected chi connectivity index (χ0v) is 22.8. The first-order valence-corrected chi connectivity index (χ1v) is 14.2. The lowest BCUT2D eigenvalue weighted by Crippen LogP contribution is -2.57. The summed E-state index contributed by atoms with van der Waals surface area (Å²) < 4.78 is 51.1. The number of fused-ring (bicyclic) bond motifs is 1. The number of rotatable bonds is 7.